The van der Waals surface area contributed by atoms with Crippen LogP contribution in [0.5, 0.6) is 5.75 Å². The first-order valence-electron chi connectivity index (χ1n) is 11.4. The lowest BCUT2D eigenvalue weighted by molar-refractivity contribution is -0.118. The van der Waals surface area contributed by atoms with Crippen molar-refractivity contribution in [1.29, 1.82) is 5.26 Å². The van der Waals surface area contributed by atoms with E-state index in [1.807, 2.05) is 18.2 Å². The van der Waals surface area contributed by atoms with E-state index in [9.17, 15) is 9.90 Å². The van der Waals surface area contributed by atoms with Gasteiger partial charge in [-0.25, -0.2) is 5.01 Å². The molecule has 3 aromatic carbocycles. The van der Waals surface area contributed by atoms with Gasteiger partial charge in [0, 0.05) is 29.2 Å². The van der Waals surface area contributed by atoms with Crippen molar-refractivity contribution in [3.63, 3.8) is 0 Å². The van der Waals surface area contributed by atoms with E-state index in [0.29, 0.717) is 12.0 Å². The predicted octanol–water partition coefficient (Wildman–Crippen LogP) is 5.49. The van der Waals surface area contributed by atoms with Gasteiger partial charge in [-0.05, 0) is 85.3 Å². The minimum atomic E-state index is -0.0835. The fraction of sp³-hybridized carbons (Fsp3) is 0.207. The molecule has 0 bridgehead atoms. The summed E-state index contributed by atoms with van der Waals surface area (Å²) in [5, 5.41) is 25.5. The van der Waals surface area contributed by atoms with E-state index >= 15 is 0 Å². The van der Waals surface area contributed by atoms with Crippen LogP contribution in [0.2, 0.25) is 0 Å². The molecular formula is C29H28N4O2. The van der Waals surface area contributed by atoms with Gasteiger partial charge in [-0.2, -0.15) is 10.4 Å². The SMILES string of the molecule is Cc1cc(C)c(C)c(Cn2ccc3c(C=NN(C=O)Cc4ccc(O)c(C#N)c4)cccc32)c1C. The molecule has 0 aliphatic heterocycles. The normalized spacial score (nSPS) is 11.2. The number of phenols is 1. The lowest BCUT2D eigenvalue weighted by atomic mass is 9.94. The van der Waals surface area contributed by atoms with Crippen LogP contribution in [0.15, 0.2) is 59.8 Å². The van der Waals surface area contributed by atoms with E-state index in [4.69, 9.17) is 5.26 Å². The van der Waals surface area contributed by atoms with Crippen LogP contribution in [0.3, 0.4) is 0 Å². The highest BCUT2D eigenvalue weighted by atomic mass is 16.3. The second kappa shape index (κ2) is 9.86. The summed E-state index contributed by atoms with van der Waals surface area (Å²) in [7, 11) is 0. The summed E-state index contributed by atoms with van der Waals surface area (Å²) >= 11 is 0. The van der Waals surface area contributed by atoms with Crippen LogP contribution in [-0.4, -0.2) is 27.3 Å². The monoisotopic (exact) mass is 464 g/mol. The largest absolute Gasteiger partial charge is 0.507 e. The number of fused-ring (bicyclic) bond motifs is 1. The minimum absolute atomic E-state index is 0.0835. The van der Waals surface area contributed by atoms with Gasteiger partial charge in [0.25, 0.3) is 0 Å². The van der Waals surface area contributed by atoms with Crippen LogP contribution in [0, 0.1) is 39.0 Å². The van der Waals surface area contributed by atoms with Gasteiger partial charge in [-0.3, -0.25) is 4.79 Å². The number of aromatic hydroxyl groups is 1. The second-order valence-corrected chi connectivity index (χ2v) is 8.87. The summed E-state index contributed by atoms with van der Waals surface area (Å²) in [5.41, 5.74) is 9.47. The number of aryl methyl sites for hydroxylation is 2. The number of phenolic OH excluding ortho intramolecular Hbond substituents is 1. The number of nitrogens with zero attached hydrogens (tertiary/aromatic N) is 4. The number of benzene rings is 3. The van der Waals surface area contributed by atoms with E-state index in [1.54, 1.807) is 18.3 Å². The third-order valence-electron chi connectivity index (χ3n) is 6.69. The number of amides is 1. The van der Waals surface area contributed by atoms with E-state index in [-0.39, 0.29) is 17.9 Å². The molecule has 6 heteroatoms. The molecule has 35 heavy (non-hydrogen) atoms. The summed E-state index contributed by atoms with van der Waals surface area (Å²) in [6.45, 7) is 9.66. The van der Waals surface area contributed by atoms with Crippen molar-refractivity contribution in [2.75, 3.05) is 0 Å². The van der Waals surface area contributed by atoms with Crippen LogP contribution in [0.25, 0.3) is 10.9 Å². The molecule has 0 unspecified atom stereocenters. The van der Waals surface area contributed by atoms with Gasteiger partial charge < -0.3 is 9.67 Å². The Labute approximate surface area is 205 Å². The Morgan fingerprint density at radius 2 is 1.80 bits per heavy atom. The molecule has 0 atom stereocenters. The maximum absolute atomic E-state index is 11.6. The molecule has 1 aromatic heterocycles. The van der Waals surface area contributed by atoms with Crippen molar-refractivity contribution in [2.24, 2.45) is 5.10 Å². The summed E-state index contributed by atoms with van der Waals surface area (Å²) in [5.74, 6) is -0.0835. The number of carbonyl (C=O) groups is 1. The zero-order valence-electron chi connectivity index (χ0n) is 20.4. The molecule has 176 valence electrons. The van der Waals surface area contributed by atoms with Crippen LogP contribution in [-0.2, 0) is 17.9 Å². The Hall–Kier alpha value is -4.37. The van der Waals surface area contributed by atoms with Crippen molar-refractivity contribution in [3.05, 3.63) is 99.2 Å². The molecular weight excluding hydrogens is 436 g/mol. The fourth-order valence-corrected chi connectivity index (χ4v) is 4.40. The zero-order chi connectivity index (χ0) is 25.1. The topological polar surface area (TPSA) is 81.6 Å². The molecule has 0 saturated carbocycles. The molecule has 1 amide bonds. The standard InChI is InChI=1S/C29H28N4O2/c1-19-12-20(2)22(4)27(21(19)3)17-32-11-10-26-24(6-5-7-28(26)32)15-31-33(18-34)16-23-8-9-29(35)25(13-23)14-30/h5-13,15,18,35H,16-17H2,1-4H3. The van der Waals surface area contributed by atoms with E-state index < -0.39 is 0 Å². The van der Waals surface area contributed by atoms with E-state index in [2.05, 4.69) is 61.8 Å². The molecule has 1 heterocycles. The first kappa shape index (κ1) is 23.8. The van der Waals surface area contributed by atoms with Crippen molar-refractivity contribution < 1.29 is 9.90 Å². The summed E-state index contributed by atoms with van der Waals surface area (Å²) in [6.07, 6.45) is 4.42. The number of aromatic nitrogens is 1. The van der Waals surface area contributed by atoms with Crippen molar-refractivity contribution >= 4 is 23.5 Å². The second-order valence-electron chi connectivity index (χ2n) is 8.87. The maximum atomic E-state index is 11.6. The number of carbonyl (C=O) groups excluding carboxylic acids is 1. The Kier molecular flexibility index (Phi) is 6.70. The van der Waals surface area contributed by atoms with E-state index in [1.165, 1.54) is 38.9 Å². The van der Waals surface area contributed by atoms with Gasteiger partial charge in [0.2, 0.25) is 6.41 Å². The summed E-state index contributed by atoms with van der Waals surface area (Å²) in [4.78, 5) is 11.6. The van der Waals surface area contributed by atoms with Gasteiger partial charge in [0.15, 0.2) is 0 Å². The third kappa shape index (κ3) is 4.80. The van der Waals surface area contributed by atoms with Gasteiger partial charge in [0.1, 0.15) is 11.8 Å². The Bertz CT molecular complexity index is 1460. The lowest BCUT2D eigenvalue weighted by Crippen LogP contribution is -2.15. The molecule has 0 fully saturated rings. The number of hydrogen-bond donors (Lipinski definition) is 1. The van der Waals surface area contributed by atoms with Crippen LogP contribution >= 0.6 is 0 Å². The van der Waals surface area contributed by atoms with Crippen molar-refractivity contribution in [1.82, 2.24) is 9.58 Å². The zero-order valence-corrected chi connectivity index (χ0v) is 20.4. The summed E-state index contributed by atoms with van der Waals surface area (Å²) < 4.78 is 2.25. The highest BCUT2D eigenvalue weighted by Gasteiger charge is 2.12. The van der Waals surface area contributed by atoms with Gasteiger partial charge in [-0.1, -0.05) is 24.3 Å². The smallest absolute Gasteiger partial charge is 0.230 e. The highest BCUT2D eigenvalue weighted by Crippen LogP contribution is 2.26. The first-order valence-corrected chi connectivity index (χ1v) is 11.4. The van der Waals surface area contributed by atoms with Crippen LogP contribution < -0.4 is 0 Å². The summed E-state index contributed by atoms with van der Waals surface area (Å²) in [6, 6.07) is 17.0. The molecule has 0 radical (unpaired) electrons. The molecule has 6 nitrogen and oxygen atoms in total. The lowest BCUT2D eigenvalue weighted by Gasteiger charge is -2.16. The first-order chi connectivity index (χ1) is 16.8. The van der Waals surface area contributed by atoms with E-state index in [0.717, 1.165) is 23.0 Å². The third-order valence-corrected chi connectivity index (χ3v) is 6.69. The van der Waals surface area contributed by atoms with Crippen molar-refractivity contribution in [2.45, 2.75) is 40.8 Å². The molecule has 0 spiro atoms. The number of hydrogen-bond acceptors (Lipinski definition) is 4. The number of hydrazone groups is 1. The average Bonchev–Trinajstić information content (AvgIpc) is 3.27. The quantitative estimate of drug-likeness (QED) is 0.223. The number of nitriles is 1. The maximum Gasteiger partial charge on any atom is 0.230 e. The predicted molar refractivity (Wildman–Crippen MR) is 138 cm³/mol. The molecule has 4 aromatic rings. The number of rotatable bonds is 7. The Morgan fingerprint density at radius 1 is 1.06 bits per heavy atom. The Morgan fingerprint density at radius 3 is 2.49 bits per heavy atom. The van der Waals surface area contributed by atoms with Crippen molar-refractivity contribution in [3.8, 4) is 11.8 Å². The molecule has 0 aliphatic carbocycles. The van der Waals surface area contributed by atoms with Crippen LogP contribution in [0.4, 0.5) is 0 Å². The average molecular weight is 465 g/mol. The van der Waals surface area contributed by atoms with Gasteiger partial charge in [-0.15, -0.1) is 0 Å². The van der Waals surface area contributed by atoms with Gasteiger partial charge in [0.05, 0.1) is 18.3 Å². The van der Waals surface area contributed by atoms with Crippen LogP contribution in [0.1, 0.15) is 44.5 Å². The molecule has 4 rings (SSSR count). The fourth-order valence-electron chi connectivity index (χ4n) is 4.40. The van der Waals surface area contributed by atoms with Gasteiger partial charge >= 0.3 is 0 Å². The molecule has 1 N–H and O–H groups in total. The Balaban J connectivity index is 1.61. The minimum Gasteiger partial charge on any atom is -0.507 e. The highest BCUT2D eigenvalue weighted by molar-refractivity contribution is 5.99. The molecule has 0 aliphatic rings. The molecule has 0 saturated heterocycles.